The van der Waals surface area contributed by atoms with Gasteiger partial charge in [0.2, 0.25) is 0 Å². The van der Waals surface area contributed by atoms with Crippen molar-refractivity contribution >= 4 is 58.1 Å². The van der Waals surface area contributed by atoms with Crippen LogP contribution in [0.4, 0.5) is 0 Å². The third-order valence-electron chi connectivity index (χ3n) is 6.80. The molecule has 1 aromatic carbocycles. The molecule has 1 aliphatic carbocycles. The second-order valence-corrected chi connectivity index (χ2v) is 10.7. The maximum Gasteiger partial charge on any atom is 0.282 e. The second-order valence-electron chi connectivity index (χ2n) is 9.14. The Bertz CT molecular complexity index is 1210. The number of nitrogens with zero attached hydrogens (tertiary/aromatic N) is 3. The van der Waals surface area contributed by atoms with Crippen molar-refractivity contribution in [1.82, 2.24) is 25.1 Å². The molecule has 1 saturated carbocycles. The Morgan fingerprint density at radius 3 is 2.88 bits per heavy atom. The lowest BCUT2D eigenvalue weighted by atomic mass is 9.89. The number of H-pyrrole nitrogens is 1. The van der Waals surface area contributed by atoms with Crippen LogP contribution in [0.1, 0.15) is 56.5 Å². The van der Waals surface area contributed by atoms with Crippen LogP contribution in [0.3, 0.4) is 0 Å². The zero-order valence-electron chi connectivity index (χ0n) is 19.3. The number of carbonyl (C=O) groups is 2. The zero-order valence-corrected chi connectivity index (χ0v) is 21.7. The van der Waals surface area contributed by atoms with Gasteiger partial charge in [-0.15, -0.1) is 23.7 Å². The summed E-state index contributed by atoms with van der Waals surface area (Å²) in [6.45, 7) is 1.82. The van der Waals surface area contributed by atoms with Crippen LogP contribution in [0.5, 0.6) is 0 Å². The summed E-state index contributed by atoms with van der Waals surface area (Å²) >= 11 is 7.59. The number of likely N-dealkylation sites (N-methyl/N-ethyl adjacent to an activating group) is 2. The highest BCUT2D eigenvalue weighted by molar-refractivity contribution is 7.13. The molecule has 0 unspecified atom stereocenters. The van der Waals surface area contributed by atoms with Gasteiger partial charge in [0.05, 0.1) is 11.7 Å². The summed E-state index contributed by atoms with van der Waals surface area (Å²) < 4.78 is 0. The molecule has 3 heterocycles. The van der Waals surface area contributed by atoms with Gasteiger partial charge in [-0.05, 0) is 44.2 Å². The van der Waals surface area contributed by atoms with Crippen molar-refractivity contribution in [3.8, 4) is 0 Å². The van der Waals surface area contributed by atoms with Crippen LogP contribution in [0, 0.1) is 0 Å². The number of hydrogen-bond acceptors (Lipinski definition) is 5. The fourth-order valence-electron chi connectivity index (χ4n) is 4.93. The number of thiazole rings is 1. The number of fused-ring (bicyclic) bond motifs is 2. The van der Waals surface area contributed by atoms with Gasteiger partial charge >= 0.3 is 0 Å². The van der Waals surface area contributed by atoms with Gasteiger partial charge < -0.3 is 20.1 Å². The Kier molecular flexibility index (Phi) is 7.52. The Balaban J connectivity index is 0.00000274. The van der Waals surface area contributed by atoms with Crippen molar-refractivity contribution in [3.05, 3.63) is 50.6 Å². The van der Waals surface area contributed by atoms with Crippen molar-refractivity contribution in [2.24, 2.45) is 0 Å². The van der Waals surface area contributed by atoms with Crippen LogP contribution < -0.4 is 5.32 Å². The highest BCUT2D eigenvalue weighted by atomic mass is 35.5. The van der Waals surface area contributed by atoms with Crippen molar-refractivity contribution in [2.45, 2.75) is 50.7 Å². The predicted molar refractivity (Wildman–Crippen MR) is 138 cm³/mol. The second kappa shape index (κ2) is 10.2. The largest absolute Gasteiger partial charge is 0.351 e. The number of aromatic nitrogens is 2. The molecule has 2 amide bonds. The summed E-state index contributed by atoms with van der Waals surface area (Å²) in [5, 5.41) is 5.28. The van der Waals surface area contributed by atoms with Gasteiger partial charge in [-0.1, -0.05) is 24.4 Å². The number of halogens is 2. The Hall–Kier alpha value is -2.13. The Morgan fingerprint density at radius 2 is 2.06 bits per heavy atom. The van der Waals surface area contributed by atoms with Gasteiger partial charge in [0.25, 0.3) is 11.8 Å². The topological polar surface area (TPSA) is 81.3 Å². The number of aromatic amines is 1. The van der Waals surface area contributed by atoms with E-state index in [0.717, 1.165) is 61.8 Å². The number of benzene rings is 1. The van der Waals surface area contributed by atoms with E-state index in [0.29, 0.717) is 15.7 Å². The molecule has 34 heavy (non-hydrogen) atoms. The number of carbonyl (C=O) groups excluding carboxylic acids is 2. The molecule has 0 saturated heterocycles. The Labute approximate surface area is 214 Å². The quantitative estimate of drug-likeness (QED) is 0.529. The smallest absolute Gasteiger partial charge is 0.282 e. The predicted octanol–water partition coefficient (Wildman–Crippen LogP) is 4.50. The van der Waals surface area contributed by atoms with E-state index in [4.69, 9.17) is 11.6 Å². The lowest BCUT2D eigenvalue weighted by Gasteiger charge is -2.38. The average molecular weight is 523 g/mol. The molecule has 0 bridgehead atoms. The van der Waals surface area contributed by atoms with Gasteiger partial charge in [-0.25, -0.2) is 4.98 Å². The molecule has 1 fully saturated rings. The summed E-state index contributed by atoms with van der Waals surface area (Å²) in [5.74, 6) is -0.212. The lowest BCUT2D eigenvalue weighted by molar-refractivity contribution is 0.0625. The summed E-state index contributed by atoms with van der Waals surface area (Å²) in [7, 11) is 3.93. The minimum absolute atomic E-state index is 0. The molecular weight excluding hydrogens is 493 g/mol. The van der Waals surface area contributed by atoms with E-state index in [9.17, 15) is 9.59 Å². The molecular formula is C24H29Cl2N5O2S. The van der Waals surface area contributed by atoms with Gasteiger partial charge in [0, 0.05) is 53.4 Å². The third kappa shape index (κ3) is 4.96. The molecule has 2 aromatic heterocycles. The normalized spacial score (nSPS) is 20.4. The Morgan fingerprint density at radius 1 is 1.26 bits per heavy atom. The number of rotatable bonds is 4. The van der Waals surface area contributed by atoms with Gasteiger partial charge in [-0.3, -0.25) is 9.59 Å². The van der Waals surface area contributed by atoms with E-state index in [2.05, 4.69) is 27.2 Å². The molecule has 1 aliphatic heterocycles. The van der Waals surface area contributed by atoms with Crippen LogP contribution in [-0.2, 0) is 13.0 Å². The monoisotopic (exact) mass is 521 g/mol. The molecule has 0 radical (unpaired) electrons. The van der Waals surface area contributed by atoms with Gasteiger partial charge in [-0.2, -0.15) is 0 Å². The van der Waals surface area contributed by atoms with Crippen LogP contribution in [0.15, 0.2) is 24.3 Å². The van der Waals surface area contributed by atoms with Crippen molar-refractivity contribution in [1.29, 1.82) is 0 Å². The van der Waals surface area contributed by atoms with Crippen LogP contribution in [-0.4, -0.2) is 64.3 Å². The molecule has 7 nitrogen and oxygen atoms in total. The SMILES string of the molecule is CN1CCc2nc(C(=O)N(C)[C@@H]3CCCC[C@@H]3NC(=O)c3cc4cc(Cl)ccc4[nH]3)sc2C1.Cl. The molecule has 5 rings (SSSR count). The average Bonchev–Trinajstić information content (AvgIpc) is 3.42. The minimum atomic E-state index is -0.159. The third-order valence-corrected chi connectivity index (χ3v) is 8.10. The van der Waals surface area contributed by atoms with E-state index < -0.39 is 0 Å². The molecule has 3 aromatic rings. The van der Waals surface area contributed by atoms with E-state index >= 15 is 0 Å². The van der Waals surface area contributed by atoms with Crippen LogP contribution in [0.2, 0.25) is 5.02 Å². The zero-order chi connectivity index (χ0) is 23.1. The molecule has 0 spiro atoms. The maximum absolute atomic E-state index is 13.3. The number of amides is 2. The number of hydrogen-bond donors (Lipinski definition) is 2. The highest BCUT2D eigenvalue weighted by Gasteiger charge is 2.34. The van der Waals surface area contributed by atoms with E-state index in [1.807, 2.05) is 25.2 Å². The standard InChI is InChI=1S/C24H28ClN5O2S.ClH/c1-29-10-9-18-21(13-29)33-23(28-18)24(32)30(2)20-6-4-3-5-17(20)27-22(31)19-12-14-11-15(25)7-8-16(14)26-19;/h7-8,11-12,17,20,26H,3-6,9-10,13H2,1-2H3,(H,27,31);1H/t17-,20+;/m0./s1. The van der Waals surface area contributed by atoms with Gasteiger partial charge in [0.1, 0.15) is 5.69 Å². The van der Waals surface area contributed by atoms with Crippen molar-refractivity contribution < 1.29 is 9.59 Å². The van der Waals surface area contributed by atoms with Gasteiger partial charge in [0.15, 0.2) is 5.01 Å². The summed E-state index contributed by atoms with van der Waals surface area (Å²) in [6.07, 6.45) is 4.67. The first kappa shape index (κ1) is 25.0. The highest BCUT2D eigenvalue weighted by Crippen LogP contribution is 2.28. The first-order chi connectivity index (χ1) is 15.9. The first-order valence-electron chi connectivity index (χ1n) is 11.4. The van der Waals surface area contributed by atoms with Crippen molar-refractivity contribution in [2.75, 3.05) is 20.6 Å². The molecule has 182 valence electrons. The lowest BCUT2D eigenvalue weighted by Crippen LogP contribution is -2.53. The fourth-order valence-corrected chi connectivity index (χ4v) is 6.28. The molecule has 2 atom stereocenters. The first-order valence-corrected chi connectivity index (χ1v) is 12.6. The summed E-state index contributed by atoms with van der Waals surface area (Å²) in [5.41, 5.74) is 2.43. The van der Waals surface area contributed by atoms with E-state index in [1.54, 1.807) is 11.0 Å². The molecule has 2 N–H and O–H groups in total. The fraction of sp³-hybridized carbons (Fsp3) is 0.458. The van der Waals surface area contributed by atoms with Crippen LogP contribution in [0.25, 0.3) is 10.9 Å². The summed E-state index contributed by atoms with van der Waals surface area (Å²) in [6, 6.07) is 7.17. The van der Waals surface area contributed by atoms with Crippen LogP contribution >= 0.6 is 35.3 Å². The minimum Gasteiger partial charge on any atom is -0.351 e. The number of nitrogens with one attached hydrogen (secondary N) is 2. The maximum atomic E-state index is 13.3. The van der Waals surface area contributed by atoms with E-state index in [-0.39, 0.29) is 36.3 Å². The molecule has 10 heteroatoms. The molecule has 2 aliphatic rings. The van der Waals surface area contributed by atoms with Crippen molar-refractivity contribution in [3.63, 3.8) is 0 Å². The van der Waals surface area contributed by atoms with E-state index in [1.165, 1.54) is 16.2 Å². The summed E-state index contributed by atoms with van der Waals surface area (Å²) in [4.78, 5) is 39.4.